The molecule has 0 aromatic heterocycles. The van der Waals surface area contributed by atoms with Gasteiger partial charge in [-0.05, 0) is 36.1 Å². The van der Waals surface area contributed by atoms with Crippen LogP contribution < -0.4 is 5.32 Å². The number of aryl methyl sites for hydroxylation is 1. The first-order valence-electron chi connectivity index (χ1n) is 7.13. The van der Waals surface area contributed by atoms with E-state index in [1.54, 1.807) is 31.2 Å². The Hall–Kier alpha value is -2.62. The minimum atomic E-state index is -0.388. The van der Waals surface area contributed by atoms with E-state index in [1.165, 1.54) is 0 Å². The summed E-state index contributed by atoms with van der Waals surface area (Å²) in [6, 6.07) is 10.3. The third kappa shape index (κ3) is 3.17. The quantitative estimate of drug-likeness (QED) is 0.841. The van der Waals surface area contributed by atoms with Gasteiger partial charge in [0.2, 0.25) is 0 Å². The van der Waals surface area contributed by atoms with Gasteiger partial charge < -0.3 is 10.4 Å². The lowest BCUT2D eigenvalue weighted by atomic mass is 9.95. The molecule has 2 aromatic carbocycles. The van der Waals surface area contributed by atoms with Crippen LogP contribution in [0.5, 0.6) is 5.75 Å². The summed E-state index contributed by atoms with van der Waals surface area (Å²) in [6.07, 6.45) is 0.720. The number of carbonyl (C=O) groups is 2. The van der Waals surface area contributed by atoms with Gasteiger partial charge in [0.1, 0.15) is 12.0 Å². The van der Waals surface area contributed by atoms with Crippen LogP contribution in [0.1, 0.15) is 51.6 Å². The molecule has 0 fully saturated rings. The van der Waals surface area contributed by atoms with Crippen molar-refractivity contribution in [1.82, 2.24) is 0 Å². The lowest BCUT2D eigenvalue weighted by Crippen LogP contribution is -2.14. The molecular formula is C18H19NO3. The normalized spacial score (nSPS) is 10.5. The molecule has 0 aliphatic rings. The van der Waals surface area contributed by atoms with E-state index in [4.69, 9.17) is 0 Å². The fourth-order valence-corrected chi connectivity index (χ4v) is 2.34. The molecule has 0 aliphatic heterocycles. The summed E-state index contributed by atoms with van der Waals surface area (Å²) in [4.78, 5) is 23.3. The monoisotopic (exact) mass is 297 g/mol. The van der Waals surface area contributed by atoms with Gasteiger partial charge in [-0.1, -0.05) is 38.1 Å². The van der Waals surface area contributed by atoms with E-state index in [9.17, 15) is 14.7 Å². The molecule has 0 radical (unpaired) electrons. The molecule has 1 amide bonds. The van der Waals surface area contributed by atoms with Crippen molar-refractivity contribution in [3.05, 3.63) is 58.7 Å². The lowest BCUT2D eigenvalue weighted by molar-refractivity contribution is 0.102. The third-order valence-electron chi connectivity index (χ3n) is 3.55. The van der Waals surface area contributed by atoms with Gasteiger partial charge in [-0.2, -0.15) is 0 Å². The van der Waals surface area contributed by atoms with Crippen molar-refractivity contribution in [3.63, 3.8) is 0 Å². The maximum atomic E-state index is 12.5. The van der Waals surface area contributed by atoms with Crippen LogP contribution in [0, 0.1) is 6.92 Å². The Morgan fingerprint density at radius 3 is 2.59 bits per heavy atom. The minimum Gasteiger partial charge on any atom is -0.507 e. The zero-order valence-electron chi connectivity index (χ0n) is 12.9. The van der Waals surface area contributed by atoms with E-state index in [0.717, 1.165) is 11.8 Å². The number of aldehydes is 1. The van der Waals surface area contributed by atoms with Crippen molar-refractivity contribution in [1.29, 1.82) is 0 Å². The van der Waals surface area contributed by atoms with Gasteiger partial charge in [0.25, 0.3) is 5.91 Å². The SMILES string of the molecule is Cc1ccc(C(C)C)c(O)c1C(=O)Nc1cccc(C=O)c1. The van der Waals surface area contributed by atoms with Crippen molar-refractivity contribution >= 4 is 17.9 Å². The number of phenolic OH excluding ortho intramolecular Hbond substituents is 1. The fraction of sp³-hybridized carbons (Fsp3) is 0.222. The molecular weight excluding hydrogens is 278 g/mol. The molecule has 0 atom stereocenters. The Kier molecular flexibility index (Phi) is 4.61. The van der Waals surface area contributed by atoms with E-state index in [1.807, 2.05) is 26.0 Å². The van der Waals surface area contributed by atoms with Crippen LogP contribution in [0.2, 0.25) is 0 Å². The van der Waals surface area contributed by atoms with Gasteiger partial charge in [-0.15, -0.1) is 0 Å². The number of phenols is 1. The zero-order chi connectivity index (χ0) is 16.3. The average molecular weight is 297 g/mol. The van der Waals surface area contributed by atoms with Crippen molar-refractivity contribution < 1.29 is 14.7 Å². The van der Waals surface area contributed by atoms with Gasteiger partial charge in [-0.3, -0.25) is 9.59 Å². The predicted octanol–water partition coefficient (Wildman–Crippen LogP) is 3.89. The Balaban J connectivity index is 2.37. The van der Waals surface area contributed by atoms with E-state index >= 15 is 0 Å². The number of amides is 1. The maximum Gasteiger partial charge on any atom is 0.259 e. The number of carbonyl (C=O) groups excluding carboxylic acids is 2. The molecule has 0 unspecified atom stereocenters. The summed E-state index contributed by atoms with van der Waals surface area (Å²) >= 11 is 0. The van der Waals surface area contributed by atoms with Crippen molar-refractivity contribution in [2.45, 2.75) is 26.7 Å². The van der Waals surface area contributed by atoms with Gasteiger partial charge in [0.05, 0.1) is 5.56 Å². The summed E-state index contributed by atoms with van der Waals surface area (Å²) in [7, 11) is 0. The Morgan fingerprint density at radius 2 is 1.95 bits per heavy atom. The summed E-state index contributed by atoms with van der Waals surface area (Å²) in [5, 5.41) is 13.1. The molecule has 0 saturated carbocycles. The largest absolute Gasteiger partial charge is 0.507 e. The van der Waals surface area contributed by atoms with Crippen molar-refractivity contribution in [2.24, 2.45) is 0 Å². The highest BCUT2D eigenvalue weighted by Gasteiger charge is 2.19. The Bertz CT molecular complexity index is 720. The molecule has 2 aromatic rings. The number of aromatic hydroxyl groups is 1. The number of hydrogen-bond donors (Lipinski definition) is 2. The van der Waals surface area contributed by atoms with Gasteiger partial charge in [0.15, 0.2) is 0 Å². The van der Waals surface area contributed by atoms with Crippen LogP contribution >= 0.6 is 0 Å². The second kappa shape index (κ2) is 6.43. The maximum absolute atomic E-state index is 12.5. The van der Waals surface area contributed by atoms with E-state index < -0.39 is 0 Å². The van der Waals surface area contributed by atoms with Crippen molar-refractivity contribution in [3.8, 4) is 5.75 Å². The molecule has 2 rings (SSSR count). The standard InChI is InChI=1S/C18H19NO3/c1-11(2)15-8-7-12(3)16(17(15)21)18(22)19-14-6-4-5-13(9-14)10-20/h4-11,21H,1-3H3,(H,19,22). The lowest BCUT2D eigenvalue weighted by Gasteiger charge is -2.15. The predicted molar refractivity (Wildman–Crippen MR) is 86.7 cm³/mol. The van der Waals surface area contributed by atoms with Gasteiger partial charge in [-0.25, -0.2) is 0 Å². The van der Waals surface area contributed by atoms with Gasteiger partial charge >= 0.3 is 0 Å². The Labute approximate surface area is 129 Å². The van der Waals surface area contributed by atoms with Crippen LogP contribution in [0.25, 0.3) is 0 Å². The van der Waals surface area contributed by atoms with Crippen LogP contribution in [-0.4, -0.2) is 17.3 Å². The molecule has 4 heteroatoms. The summed E-state index contributed by atoms with van der Waals surface area (Å²) in [5.41, 5.74) is 2.70. The molecule has 22 heavy (non-hydrogen) atoms. The number of hydrogen-bond acceptors (Lipinski definition) is 3. The summed E-state index contributed by atoms with van der Waals surface area (Å²) in [5.74, 6) is -0.259. The number of nitrogens with one attached hydrogen (secondary N) is 1. The molecule has 2 N–H and O–H groups in total. The van der Waals surface area contributed by atoms with E-state index in [0.29, 0.717) is 16.8 Å². The molecule has 0 bridgehead atoms. The third-order valence-corrected chi connectivity index (χ3v) is 3.55. The van der Waals surface area contributed by atoms with E-state index in [2.05, 4.69) is 5.32 Å². The first-order chi connectivity index (χ1) is 10.4. The molecule has 0 aliphatic carbocycles. The van der Waals surface area contributed by atoms with Gasteiger partial charge in [0, 0.05) is 11.3 Å². The van der Waals surface area contributed by atoms with E-state index in [-0.39, 0.29) is 23.1 Å². The smallest absolute Gasteiger partial charge is 0.259 e. The topological polar surface area (TPSA) is 66.4 Å². The van der Waals surface area contributed by atoms with Crippen LogP contribution in [0.15, 0.2) is 36.4 Å². The first kappa shape index (κ1) is 15.8. The number of benzene rings is 2. The molecule has 0 spiro atoms. The molecule has 0 saturated heterocycles. The van der Waals surface area contributed by atoms with Crippen LogP contribution in [0.3, 0.4) is 0 Å². The highest BCUT2D eigenvalue weighted by molar-refractivity contribution is 6.07. The summed E-state index contributed by atoms with van der Waals surface area (Å²) < 4.78 is 0. The average Bonchev–Trinajstić information content (AvgIpc) is 2.47. The minimum absolute atomic E-state index is 0.0130. The fourth-order valence-electron chi connectivity index (χ4n) is 2.34. The highest BCUT2D eigenvalue weighted by Crippen LogP contribution is 2.31. The van der Waals surface area contributed by atoms with Crippen LogP contribution in [0.4, 0.5) is 5.69 Å². The molecule has 114 valence electrons. The summed E-state index contributed by atoms with van der Waals surface area (Å²) in [6.45, 7) is 5.69. The number of anilines is 1. The van der Waals surface area contributed by atoms with Crippen molar-refractivity contribution in [2.75, 3.05) is 5.32 Å². The second-order valence-electron chi connectivity index (χ2n) is 5.55. The molecule has 4 nitrogen and oxygen atoms in total. The Morgan fingerprint density at radius 1 is 1.23 bits per heavy atom. The highest BCUT2D eigenvalue weighted by atomic mass is 16.3. The second-order valence-corrected chi connectivity index (χ2v) is 5.55. The zero-order valence-corrected chi connectivity index (χ0v) is 12.9. The number of rotatable bonds is 4. The van der Waals surface area contributed by atoms with Crippen LogP contribution in [-0.2, 0) is 0 Å². The molecule has 0 heterocycles. The first-order valence-corrected chi connectivity index (χ1v) is 7.13.